The summed E-state index contributed by atoms with van der Waals surface area (Å²) in [5.74, 6) is 1.88. The number of anilines is 1. The molecule has 7 heteroatoms. The molecular weight excluding hydrogens is 354 g/mol. The summed E-state index contributed by atoms with van der Waals surface area (Å²) in [6, 6.07) is 10.0. The quantitative estimate of drug-likeness (QED) is 0.693. The first-order valence-electron chi connectivity index (χ1n) is 9.94. The Morgan fingerprint density at radius 3 is 2.71 bits per heavy atom. The lowest BCUT2D eigenvalue weighted by atomic mass is 9.89. The van der Waals surface area contributed by atoms with Crippen molar-refractivity contribution >= 4 is 16.9 Å². The average molecular weight is 379 g/mol. The smallest absolute Gasteiger partial charge is 0.150 e. The van der Waals surface area contributed by atoms with Gasteiger partial charge < -0.3 is 14.2 Å². The first-order chi connectivity index (χ1) is 13.7. The van der Waals surface area contributed by atoms with Crippen LogP contribution in [0, 0.1) is 6.92 Å². The van der Waals surface area contributed by atoms with Crippen molar-refractivity contribution in [3.63, 3.8) is 0 Å². The number of rotatable bonds is 3. The van der Waals surface area contributed by atoms with Crippen LogP contribution in [0.25, 0.3) is 11.0 Å². The molecule has 2 aliphatic rings. The van der Waals surface area contributed by atoms with Gasteiger partial charge in [0.2, 0.25) is 0 Å². The number of para-hydroxylation sites is 2. The van der Waals surface area contributed by atoms with Crippen LogP contribution >= 0.6 is 0 Å². The molecule has 2 fully saturated rings. The second-order valence-corrected chi connectivity index (χ2v) is 7.88. The van der Waals surface area contributed by atoms with Crippen molar-refractivity contribution in [3.05, 3.63) is 48.0 Å². The summed E-state index contributed by atoms with van der Waals surface area (Å²) >= 11 is 0. The summed E-state index contributed by atoms with van der Waals surface area (Å²) in [6.45, 7) is 7.23. The molecule has 2 saturated heterocycles. The Bertz CT molecular complexity index is 964. The Hall–Kier alpha value is -2.51. The van der Waals surface area contributed by atoms with Crippen molar-refractivity contribution in [1.82, 2.24) is 20.0 Å². The minimum absolute atomic E-state index is 0.0978. The first-order valence-corrected chi connectivity index (χ1v) is 9.94. The lowest BCUT2D eigenvalue weighted by Gasteiger charge is -2.47. The Labute approximate surface area is 164 Å². The van der Waals surface area contributed by atoms with E-state index in [2.05, 4.69) is 19.9 Å². The molecule has 1 aromatic carbocycles. The van der Waals surface area contributed by atoms with Gasteiger partial charge >= 0.3 is 0 Å². The number of fused-ring (bicyclic) bond motifs is 1. The number of hydrogen-bond acceptors (Lipinski definition) is 7. The minimum Gasteiger partial charge on any atom is -0.371 e. The number of aryl methyl sites for hydroxylation is 1. The molecule has 0 N–H and O–H groups in total. The van der Waals surface area contributed by atoms with E-state index in [4.69, 9.17) is 14.2 Å². The average Bonchev–Trinajstić information content (AvgIpc) is 3.14. The highest BCUT2D eigenvalue weighted by atomic mass is 16.5. The fraction of sp³-hybridized carbons (Fsp3) is 0.476. The normalized spacial score (nSPS) is 20.1. The van der Waals surface area contributed by atoms with Gasteiger partial charge in [-0.2, -0.15) is 0 Å². The van der Waals surface area contributed by atoms with E-state index in [0.29, 0.717) is 0 Å². The number of benzene rings is 1. The van der Waals surface area contributed by atoms with Gasteiger partial charge in [-0.05, 0) is 31.9 Å². The molecule has 0 unspecified atom stereocenters. The third-order valence-electron chi connectivity index (χ3n) is 5.83. The maximum absolute atomic E-state index is 6.30. The number of nitrogens with zero attached hydrogens (tertiary/aromatic N) is 5. The zero-order chi connectivity index (χ0) is 19.0. The largest absolute Gasteiger partial charge is 0.371 e. The van der Waals surface area contributed by atoms with Crippen LogP contribution in [0.4, 0.5) is 5.82 Å². The fourth-order valence-electron chi connectivity index (χ4n) is 4.27. The SMILES string of the molecule is Cc1cc(CN2CCC3(CC2)CN(c2cnc4ccccc4n2)CCO3)on1. The maximum Gasteiger partial charge on any atom is 0.150 e. The number of morpholine rings is 1. The summed E-state index contributed by atoms with van der Waals surface area (Å²) < 4.78 is 11.7. The maximum atomic E-state index is 6.30. The molecule has 0 radical (unpaired) electrons. The molecule has 0 bridgehead atoms. The van der Waals surface area contributed by atoms with Crippen LogP contribution in [0.15, 0.2) is 41.1 Å². The summed E-state index contributed by atoms with van der Waals surface area (Å²) in [5.41, 5.74) is 2.72. The molecule has 3 aromatic rings. The Morgan fingerprint density at radius 1 is 1.11 bits per heavy atom. The molecule has 1 spiro atoms. The zero-order valence-electron chi connectivity index (χ0n) is 16.2. The molecule has 2 aliphatic heterocycles. The zero-order valence-corrected chi connectivity index (χ0v) is 16.2. The van der Waals surface area contributed by atoms with Crippen molar-refractivity contribution in [2.45, 2.75) is 31.9 Å². The van der Waals surface area contributed by atoms with Crippen LogP contribution in [0.3, 0.4) is 0 Å². The van der Waals surface area contributed by atoms with Gasteiger partial charge in [-0.15, -0.1) is 0 Å². The second-order valence-electron chi connectivity index (χ2n) is 7.88. The predicted octanol–water partition coefficient (Wildman–Crippen LogP) is 2.80. The molecular formula is C21H25N5O2. The fourth-order valence-corrected chi connectivity index (χ4v) is 4.27. The topological polar surface area (TPSA) is 67.5 Å². The van der Waals surface area contributed by atoms with Gasteiger partial charge in [-0.25, -0.2) is 4.98 Å². The van der Waals surface area contributed by atoms with Crippen LogP contribution < -0.4 is 4.90 Å². The predicted molar refractivity (Wildman–Crippen MR) is 106 cm³/mol. The van der Waals surface area contributed by atoms with Gasteiger partial charge in [0.25, 0.3) is 0 Å². The number of likely N-dealkylation sites (tertiary alicyclic amines) is 1. The number of aromatic nitrogens is 3. The molecule has 0 saturated carbocycles. The highest BCUT2D eigenvalue weighted by Gasteiger charge is 2.40. The van der Waals surface area contributed by atoms with Crippen molar-refractivity contribution in [2.75, 3.05) is 37.7 Å². The minimum atomic E-state index is -0.0978. The third kappa shape index (κ3) is 3.47. The number of ether oxygens (including phenoxy) is 1. The van der Waals surface area contributed by atoms with Crippen LogP contribution in [-0.2, 0) is 11.3 Å². The lowest BCUT2D eigenvalue weighted by molar-refractivity contribution is -0.0928. The molecule has 4 heterocycles. The van der Waals surface area contributed by atoms with Crippen LogP contribution in [0.1, 0.15) is 24.3 Å². The Balaban J connectivity index is 1.26. The van der Waals surface area contributed by atoms with E-state index < -0.39 is 0 Å². The van der Waals surface area contributed by atoms with E-state index in [1.165, 1.54) is 0 Å². The van der Waals surface area contributed by atoms with E-state index in [0.717, 1.165) is 80.5 Å². The summed E-state index contributed by atoms with van der Waals surface area (Å²) in [7, 11) is 0. The molecule has 28 heavy (non-hydrogen) atoms. The summed E-state index contributed by atoms with van der Waals surface area (Å²) in [4.78, 5) is 14.2. The molecule has 2 aromatic heterocycles. The van der Waals surface area contributed by atoms with Gasteiger partial charge in [0, 0.05) is 32.2 Å². The van der Waals surface area contributed by atoms with E-state index in [1.54, 1.807) is 0 Å². The van der Waals surface area contributed by atoms with Crippen molar-refractivity contribution < 1.29 is 9.26 Å². The summed E-state index contributed by atoms with van der Waals surface area (Å²) in [6.07, 6.45) is 3.91. The van der Waals surface area contributed by atoms with Gasteiger partial charge in [-0.3, -0.25) is 9.88 Å². The summed E-state index contributed by atoms with van der Waals surface area (Å²) in [5, 5.41) is 3.98. The van der Waals surface area contributed by atoms with Crippen LogP contribution in [-0.4, -0.2) is 58.4 Å². The van der Waals surface area contributed by atoms with Gasteiger partial charge in [0.1, 0.15) is 5.82 Å². The number of hydrogen-bond donors (Lipinski definition) is 0. The van der Waals surface area contributed by atoms with Crippen molar-refractivity contribution in [2.24, 2.45) is 0 Å². The molecule has 146 valence electrons. The van der Waals surface area contributed by atoms with E-state index in [1.807, 2.05) is 43.5 Å². The van der Waals surface area contributed by atoms with Crippen LogP contribution in [0.2, 0.25) is 0 Å². The first kappa shape index (κ1) is 17.6. The van der Waals surface area contributed by atoms with Gasteiger partial charge in [0.15, 0.2) is 5.76 Å². The van der Waals surface area contributed by atoms with E-state index in [9.17, 15) is 0 Å². The van der Waals surface area contributed by atoms with Crippen molar-refractivity contribution in [1.29, 1.82) is 0 Å². The highest BCUT2D eigenvalue weighted by Crippen LogP contribution is 2.32. The Morgan fingerprint density at radius 2 is 1.93 bits per heavy atom. The molecule has 5 rings (SSSR count). The standard InChI is InChI=1S/C21H25N5O2/c1-16-12-17(28-24-16)14-25-8-6-21(7-9-25)15-26(10-11-27-21)20-13-22-18-4-2-3-5-19(18)23-20/h2-5,12-13H,6-11,14-15H2,1H3. The number of piperidine rings is 1. The second kappa shape index (κ2) is 7.14. The lowest BCUT2D eigenvalue weighted by Crippen LogP contribution is -2.57. The van der Waals surface area contributed by atoms with E-state index >= 15 is 0 Å². The molecule has 7 nitrogen and oxygen atoms in total. The third-order valence-corrected chi connectivity index (χ3v) is 5.83. The van der Waals surface area contributed by atoms with Gasteiger partial charge in [0.05, 0.1) is 41.7 Å². The monoisotopic (exact) mass is 379 g/mol. The van der Waals surface area contributed by atoms with Crippen LogP contribution in [0.5, 0.6) is 0 Å². The molecule has 0 aliphatic carbocycles. The van der Waals surface area contributed by atoms with E-state index in [-0.39, 0.29) is 5.60 Å². The van der Waals surface area contributed by atoms with Gasteiger partial charge in [-0.1, -0.05) is 17.3 Å². The highest BCUT2D eigenvalue weighted by molar-refractivity contribution is 5.75. The molecule has 0 amide bonds. The molecule has 0 atom stereocenters. The van der Waals surface area contributed by atoms with Crippen molar-refractivity contribution in [3.8, 4) is 0 Å². The Kier molecular flexibility index (Phi) is 4.49.